The maximum atomic E-state index is 12.8. The van der Waals surface area contributed by atoms with Crippen LogP contribution in [0.4, 0.5) is 5.69 Å². The fourth-order valence-corrected chi connectivity index (χ4v) is 4.86. The molecular weight excluding hydrogens is 372 g/mol. The van der Waals surface area contributed by atoms with E-state index in [9.17, 15) is 13.2 Å². The highest BCUT2D eigenvalue weighted by atomic mass is 32.2. The van der Waals surface area contributed by atoms with Crippen molar-refractivity contribution in [1.82, 2.24) is 4.31 Å². The Labute approximate surface area is 167 Å². The van der Waals surface area contributed by atoms with E-state index in [4.69, 9.17) is 0 Å². The lowest BCUT2D eigenvalue weighted by Crippen LogP contribution is -2.37. The Morgan fingerprint density at radius 1 is 1.07 bits per heavy atom. The van der Waals surface area contributed by atoms with Gasteiger partial charge < -0.3 is 5.32 Å². The van der Waals surface area contributed by atoms with Gasteiger partial charge in [-0.15, -0.1) is 0 Å². The number of nitrogens with zero attached hydrogens (tertiary/aromatic N) is 1. The molecule has 1 fully saturated rings. The molecule has 0 atom stereocenters. The van der Waals surface area contributed by atoms with Crippen molar-refractivity contribution in [2.75, 3.05) is 25.0 Å². The second-order valence-corrected chi connectivity index (χ2v) is 9.64. The monoisotopic (exact) mass is 400 g/mol. The first-order valence-corrected chi connectivity index (χ1v) is 11.2. The van der Waals surface area contributed by atoms with Crippen LogP contribution in [0.5, 0.6) is 0 Å². The summed E-state index contributed by atoms with van der Waals surface area (Å²) in [7, 11) is -3.49. The lowest BCUT2D eigenvalue weighted by atomic mass is 10.0. The third kappa shape index (κ3) is 4.62. The predicted octanol–water partition coefficient (Wildman–Crippen LogP) is 4.02. The third-order valence-corrected chi connectivity index (χ3v) is 7.30. The highest BCUT2D eigenvalue weighted by Crippen LogP contribution is 2.24. The molecule has 5 nitrogen and oxygen atoms in total. The molecule has 2 aromatic rings. The minimum absolute atomic E-state index is 0.0725. The van der Waals surface area contributed by atoms with Crippen molar-refractivity contribution >= 4 is 21.5 Å². The summed E-state index contributed by atoms with van der Waals surface area (Å²) in [6.07, 6.45) is 1.78. The van der Waals surface area contributed by atoms with Crippen LogP contribution in [0.3, 0.4) is 0 Å². The molecule has 0 spiro atoms. The highest BCUT2D eigenvalue weighted by Gasteiger charge is 2.28. The van der Waals surface area contributed by atoms with Crippen LogP contribution in [0.1, 0.15) is 41.3 Å². The van der Waals surface area contributed by atoms with Crippen LogP contribution in [0.2, 0.25) is 0 Å². The van der Waals surface area contributed by atoms with E-state index in [-0.39, 0.29) is 17.2 Å². The van der Waals surface area contributed by atoms with E-state index in [1.54, 1.807) is 28.6 Å². The first-order chi connectivity index (χ1) is 13.3. The minimum Gasteiger partial charge on any atom is -0.377 e. The topological polar surface area (TPSA) is 66.5 Å². The van der Waals surface area contributed by atoms with E-state index in [1.807, 2.05) is 32.0 Å². The molecular formula is C22H28N2O3S. The molecule has 3 rings (SSSR count). The maximum absolute atomic E-state index is 12.8. The molecule has 1 saturated heterocycles. The Bertz CT molecular complexity index is 944. The maximum Gasteiger partial charge on any atom is 0.243 e. The van der Waals surface area contributed by atoms with Gasteiger partial charge >= 0.3 is 0 Å². The molecule has 0 bridgehead atoms. The molecule has 1 heterocycles. The molecule has 0 aliphatic carbocycles. The lowest BCUT2D eigenvalue weighted by Gasteiger charge is -2.29. The Kier molecular flexibility index (Phi) is 6.20. The summed E-state index contributed by atoms with van der Waals surface area (Å²) >= 11 is 0. The number of carbonyl (C=O) groups is 1. The van der Waals surface area contributed by atoms with Crippen LogP contribution < -0.4 is 5.32 Å². The summed E-state index contributed by atoms with van der Waals surface area (Å²) in [5, 5.41) is 3.18. The molecule has 0 radical (unpaired) electrons. The number of anilines is 1. The minimum atomic E-state index is -3.49. The van der Waals surface area contributed by atoms with E-state index in [0.29, 0.717) is 24.6 Å². The average Bonchev–Trinajstić information content (AvgIpc) is 2.69. The van der Waals surface area contributed by atoms with Crippen LogP contribution in [0.15, 0.2) is 47.4 Å². The summed E-state index contributed by atoms with van der Waals surface area (Å²) in [6.45, 7) is 7.44. The molecule has 150 valence electrons. The van der Waals surface area contributed by atoms with E-state index >= 15 is 0 Å². The third-order valence-electron chi connectivity index (χ3n) is 5.39. The van der Waals surface area contributed by atoms with Gasteiger partial charge in [0, 0.05) is 24.3 Å². The summed E-state index contributed by atoms with van der Waals surface area (Å²) in [4.78, 5) is 12.7. The zero-order valence-corrected chi connectivity index (χ0v) is 17.6. The normalized spacial score (nSPS) is 16.1. The van der Waals surface area contributed by atoms with Crippen molar-refractivity contribution in [1.29, 1.82) is 0 Å². The number of sulfonamides is 1. The van der Waals surface area contributed by atoms with Crippen LogP contribution >= 0.6 is 0 Å². The van der Waals surface area contributed by atoms with Gasteiger partial charge in [-0.25, -0.2) is 8.42 Å². The SMILES string of the molecule is Cc1ccc(C)c(NCC(=O)c2ccc(S(=O)(=O)N3CCC(C)CC3)cc2)c1. The molecule has 0 aromatic heterocycles. The van der Waals surface area contributed by atoms with Crippen molar-refractivity contribution in [3.63, 3.8) is 0 Å². The number of ketones is 1. The van der Waals surface area contributed by atoms with Gasteiger partial charge in [-0.05, 0) is 74.1 Å². The number of hydrogen-bond acceptors (Lipinski definition) is 4. The van der Waals surface area contributed by atoms with E-state index < -0.39 is 10.0 Å². The lowest BCUT2D eigenvalue weighted by molar-refractivity contribution is 0.101. The quantitative estimate of drug-likeness (QED) is 0.744. The molecule has 2 aromatic carbocycles. The van der Waals surface area contributed by atoms with E-state index in [1.165, 1.54) is 0 Å². The number of piperidine rings is 1. The number of carbonyl (C=O) groups excluding carboxylic acids is 1. The van der Waals surface area contributed by atoms with Gasteiger partial charge in [0.05, 0.1) is 11.4 Å². The van der Waals surface area contributed by atoms with Crippen molar-refractivity contribution < 1.29 is 13.2 Å². The van der Waals surface area contributed by atoms with Crippen LogP contribution in [-0.4, -0.2) is 38.1 Å². The Hall–Kier alpha value is -2.18. The largest absolute Gasteiger partial charge is 0.377 e. The van der Waals surface area contributed by atoms with Gasteiger partial charge in [0.1, 0.15) is 0 Å². The number of rotatable bonds is 6. The van der Waals surface area contributed by atoms with Gasteiger partial charge in [0.2, 0.25) is 10.0 Å². The molecule has 0 saturated carbocycles. The predicted molar refractivity (Wildman–Crippen MR) is 112 cm³/mol. The van der Waals surface area contributed by atoms with Gasteiger partial charge in [-0.2, -0.15) is 4.31 Å². The van der Waals surface area contributed by atoms with Gasteiger partial charge in [0.15, 0.2) is 5.78 Å². The number of nitrogens with one attached hydrogen (secondary N) is 1. The Balaban J connectivity index is 1.66. The van der Waals surface area contributed by atoms with Crippen molar-refractivity contribution in [3.05, 3.63) is 59.2 Å². The fraction of sp³-hybridized carbons (Fsp3) is 0.409. The smallest absolute Gasteiger partial charge is 0.243 e. The summed E-state index contributed by atoms with van der Waals surface area (Å²) in [5.74, 6) is 0.493. The molecule has 1 aliphatic rings. The van der Waals surface area contributed by atoms with Crippen LogP contribution in [-0.2, 0) is 10.0 Å². The van der Waals surface area contributed by atoms with E-state index in [0.717, 1.165) is 29.7 Å². The number of aryl methyl sites for hydroxylation is 2. The first-order valence-electron chi connectivity index (χ1n) is 9.72. The van der Waals surface area contributed by atoms with Gasteiger partial charge in [-0.1, -0.05) is 19.1 Å². The second kappa shape index (κ2) is 8.45. The van der Waals surface area contributed by atoms with Crippen molar-refractivity contribution in [2.24, 2.45) is 5.92 Å². The number of hydrogen-bond donors (Lipinski definition) is 1. The van der Waals surface area contributed by atoms with E-state index in [2.05, 4.69) is 12.2 Å². The van der Waals surface area contributed by atoms with Crippen LogP contribution in [0, 0.1) is 19.8 Å². The molecule has 0 unspecified atom stereocenters. The summed E-state index contributed by atoms with van der Waals surface area (Å²) in [5.41, 5.74) is 3.65. The van der Waals surface area contributed by atoms with Gasteiger partial charge in [-0.3, -0.25) is 4.79 Å². The Morgan fingerprint density at radius 2 is 1.71 bits per heavy atom. The zero-order chi connectivity index (χ0) is 20.3. The molecule has 1 aliphatic heterocycles. The van der Waals surface area contributed by atoms with Crippen LogP contribution in [0.25, 0.3) is 0 Å². The Morgan fingerprint density at radius 3 is 2.36 bits per heavy atom. The molecule has 28 heavy (non-hydrogen) atoms. The molecule has 1 N–H and O–H groups in total. The summed E-state index contributed by atoms with van der Waals surface area (Å²) < 4.78 is 27.1. The molecule has 6 heteroatoms. The summed E-state index contributed by atoms with van der Waals surface area (Å²) in [6, 6.07) is 12.3. The number of benzene rings is 2. The van der Waals surface area contributed by atoms with Gasteiger partial charge in [0.25, 0.3) is 0 Å². The zero-order valence-electron chi connectivity index (χ0n) is 16.7. The first kappa shape index (κ1) is 20.6. The fourth-order valence-electron chi connectivity index (χ4n) is 3.39. The number of Topliss-reactive ketones (excluding diaryl/α,β-unsaturated/α-hetero) is 1. The molecule has 0 amide bonds. The highest BCUT2D eigenvalue weighted by molar-refractivity contribution is 7.89. The van der Waals surface area contributed by atoms with Crippen molar-refractivity contribution in [3.8, 4) is 0 Å². The average molecular weight is 401 g/mol. The van der Waals surface area contributed by atoms with Crippen molar-refractivity contribution in [2.45, 2.75) is 38.5 Å². The standard InChI is InChI=1S/C22H28N2O3S/c1-16-10-12-24(13-11-16)28(26,27)20-8-6-19(7-9-20)22(25)15-23-21-14-17(2)4-5-18(21)3/h4-9,14,16,23H,10-13,15H2,1-3H3. The second-order valence-electron chi connectivity index (χ2n) is 7.71.